The normalized spacial score (nSPS) is 19.7. The van der Waals surface area contributed by atoms with Gasteiger partial charge in [-0.2, -0.15) is 0 Å². The second-order valence-corrected chi connectivity index (χ2v) is 7.43. The number of carbonyl (C=O) groups excluding carboxylic acids is 1. The van der Waals surface area contributed by atoms with Crippen LogP contribution in [-0.4, -0.2) is 77.6 Å². The van der Waals surface area contributed by atoms with E-state index in [0.717, 1.165) is 44.2 Å². The summed E-state index contributed by atoms with van der Waals surface area (Å²) in [6.07, 6.45) is 3.75. The van der Waals surface area contributed by atoms with Crippen molar-refractivity contribution in [1.29, 1.82) is 0 Å². The number of aryl methyl sites for hydroxylation is 1. The molecule has 7 nitrogen and oxygen atoms in total. The van der Waals surface area contributed by atoms with E-state index in [9.17, 15) is 9.18 Å². The van der Waals surface area contributed by atoms with Crippen molar-refractivity contribution in [2.24, 2.45) is 7.05 Å². The number of hydrogen-bond donors (Lipinski definition) is 1. The van der Waals surface area contributed by atoms with E-state index in [1.165, 1.54) is 12.1 Å². The van der Waals surface area contributed by atoms with Crippen molar-refractivity contribution in [2.75, 3.05) is 57.3 Å². The number of nitrogens with one attached hydrogen (secondary N) is 1. The fraction of sp³-hybridized carbons (Fsp3) is 0.500. The molecule has 1 atom stereocenters. The molecule has 166 valence electrons. The van der Waals surface area contributed by atoms with Crippen LogP contribution in [0.3, 0.4) is 0 Å². The Morgan fingerprint density at radius 3 is 2.47 bits per heavy atom. The maximum atomic E-state index is 13.1. The third-order valence-corrected chi connectivity index (χ3v) is 5.67. The summed E-state index contributed by atoms with van der Waals surface area (Å²) in [5, 5.41) is 3.41. The first kappa shape index (κ1) is 24.4. The van der Waals surface area contributed by atoms with Gasteiger partial charge in [0.05, 0.1) is 12.6 Å². The van der Waals surface area contributed by atoms with Crippen LogP contribution in [0.15, 0.2) is 36.7 Å². The van der Waals surface area contributed by atoms with Crippen molar-refractivity contribution in [2.45, 2.75) is 6.04 Å². The van der Waals surface area contributed by atoms with E-state index in [2.05, 4.69) is 20.1 Å². The number of amides is 1. The lowest BCUT2D eigenvalue weighted by Gasteiger charge is -2.39. The maximum Gasteiger partial charge on any atom is 0.236 e. The average molecular weight is 459 g/mol. The van der Waals surface area contributed by atoms with Gasteiger partial charge in [-0.15, -0.1) is 24.8 Å². The van der Waals surface area contributed by atoms with Crippen LogP contribution in [0, 0.1) is 5.82 Å². The van der Waals surface area contributed by atoms with E-state index >= 15 is 0 Å². The summed E-state index contributed by atoms with van der Waals surface area (Å²) in [6, 6.07) is 6.67. The van der Waals surface area contributed by atoms with E-state index in [4.69, 9.17) is 0 Å². The van der Waals surface area contributed by atoms with Crippen molar-refractivity contribution in [3.8, 4) is 0 Å². The molecule has 2 saturated heterocycles. The molecule has 1 unspecified atom stereocenters. The maximum absolute atomic E-state index is 13.1. The first-order chi connectivity index (χ1) is 13.6. The number of piperazine rings is 2. The van der Waals surface area contributed by atoms with Gasteiger partial charge in [0, 0.05) is 70.9 Å². The number of hydrogen-bond acceptors (Lipinski definition) is 5. The van der Waals surface area contributed by atoms with Crippen molar-refractivity contribution < 1.29 is 9.18 Å². The molecule has 1 N–H and O–H groups in total. The Balaban J connectivity index is 0.00000160. The monoisotopic (exact) mass is 458 g/mol. The highest BCUT2D eigenvalue weighted by Gasteiger charge is 2.30. The Morgan fingerprint density at radius 2 is 1.83 bits per heavy atom. The smallest absolute Gasteiger partial charge is 0.236 e. The SMILES string of the molecule is Cl.Cl.Cn1ccnc1C1CNCCN1CC(=O)N1CCN(c2ccc(F)cc2)CC1. The summed E-state index contributed by atoms with van der Waals surface area (Å²) < 4.78 is 15.1. The minimum atomic E-state index is -0.226. The Labute approximate surface area is 189 Å². The third kappa shape index (κ3) is 5.43. The summed E-state index contributed by atoms with van der Waals surface area (Å²) >= 11 is 0. The molecule has 2 aromatic rings. The van der Waals surface area contributed by atoms with Gasteiger partial charge in [-0.05, 0) is 24.3 Å². The molecule has 0 aliphatic carbocycles. The van der Waals surface area contributed by atoms with Crippen LogP contribution in [0.1, 0.15) is 11.9 Å². The van der Waals surface area contributed by atoms with Crippen molar-refractivity contribution in [1.82, 2.24) is 24.7 Å². The molecule has 1 amide bonds. The average Bonchev–Trinajstić information content (AvgIpc) is 3.15. The molecular formula is C20H29Cl2FN6O. The van der Waals surface area contributed by atoms with E-state index in [1.807, 2.05) is 22.7 Å². The number of carbonyl (C=O) groups is 1. The number of aromatic nitrogens is 2. The molecule has 2 aliphatic rings. The predicted molar refractivity (Wildman–Crippen MR) is 120 cm³/mol. The highest BCUT2D eigenvalue weighted by molar-refractivity contribution is 5.85. The third-order valence-electron chi connectivity index (χ3n) is 5.67. The van der Waals surface area contributed by atoms with Gasteiger partial charge in [0.15, 0.2) is 0 Å². The number of imidazole rings is 1. The fourth-order valence-corrected chi connectivity index (χ4v) is 4.03. The van der Waals surface area contributed by atoms with Gasteiger partial charge in [0.25, 0.3) is 0 Å². The van der Waals surface area contributed by atoms with Crippen LogP contribution < -0.4 is 10.2 Å². The standard InChI is InChI=1S/C20H27FN6O.2ClH/c1-24-8-7-23-20(24)18-14-22-6-9-27(18)15-19(28)26-12-10-25(11-13-26)17-4-2-16(21)3-5-17;;/h2-5,7-8,18,22H,6,9-15H2,1H3;2*1H. The molecule has 1 aromatic carbocycles. The zero-order valence-corrected chi connectivity index (χ0v) is 18.7. The van der Waals surface area contributed by atoms with Crippen LogP contribution in [0.5, 0.6) is 0 Å². The quantitative estimate of drug-likeness (QED) is 0.755. The van der Waals surface area contributed by atoms with Crippen molar-refractivity contribution >= 4 is 36.4 Å². The van der Waals surface area contributed by atoms with Gasteiger partial charge in [0.1, 0.15) is 11.6 Å². The first-order valence-electron chi connectivity index (χ1n) is 9.82. The number of halogens is 3. The Bertz CT molecular complexity index is 810. The van der Waals surface area contributed by atoms with Crippen molar-refractivity contribution in [3.63, 3.8) is 0 Å². The van der Waals surface area contributed by atoms with Gasteiger partial charge >= 0.3 is 0 Å². The van der Waals surface area contributed by atoms with Gasteiger partial charge in [0.2, 0.25) is 5.91 Å². The summed E-state index contributed by atoms with van der Waals surface area (Å²) in [4.78, 5) is 23.8. The molecular weight excluding hydrogens is 430 g/mol. The van der Waals surface area contributed by atoms with Gasteiger partial charge < -0.3 is 19.7 Å². The first-order valence-corrected chi connectivity index (χ1v) is 9.82. The molecule has 4 rings (SSSR count). The van der Waals surface area contributed by atoms with E-state index < -0.39 is 0 Å². The lowest BCUT2D eigenvalue weighted by atomic mass is 10.1. The van der Waals surface area contributed by atoms with E-state index in [0.29, 0.717) is 19.6 Å². The molecule has 30 heavy (non-hydrogen) atoms. The molecule has 3 heterocycles. The Morgan fingerprint density at radius 1 is 1.13 bits per heavy atom. The highest BCUT2D eigenvalue weighted by atomic mass is 35.5. The molecule has 2 fully saturated rings. The number of nitrogens with zero attached hydrogens (tertiary/aromatic N) is 5. The number of rotatable bonds is 4. The number of benzene rings is 1. The van der Waals surface area contributed by atoms with Crippen molar-refractivity contribution in [3.05, 3.63) is 48.3 Å². The zero-order chi connectivity index (χ0) is 19.5. The summed E-state index contributed by atoms with van der Waals surface area (Å²) in [5.41, 5.74) is 1.01. The molecule has 0 radical (unpaired) electrons. The van der Waals surface area contributed by atoms with Crippen LogP contribution in [-0.2, 0) is 11.8 Å². The number of anilines is 1. The summed E-state index contributed by atoms with van der Waals surface area (Å²) in [7, 11) is 1.99. The second kappa shape index (κ2) is 10.9. The van der Waals surface area contributed by atoms with Crippen LogP contribution in [0.25, 0.3) is 0 Å². The predicted octanol–water partition coefficient (Wildman–Crippen LogP) is 1.70. The Hall–Kier alpha value is -1.87. The topological polar surface area (TPSA) is 56.6 Å². The molecule has 0 bridgehead atoms. The Kier molecular flexibility index (Phi) is 8.91. The summed E-state index contributed by atoms with van der Waals surface area (Å²) in [5.74, 6) is 0.928. The minimum Gasteiger partial charge on any atom is -0.368 e. The molecule has 1 aromatic heterocycles. The molecule has 0 spiro atoms. The molecule has 2 aliphatic heterocycles. The van der Waals surface area contributed by atoms with Gasteiger partial charge in [-0.25, -0.2) is 9.37 Å². The molecule has 0 saturated carbocycles. The van der Waals surface area contributed by atoms with E-state index in [-0.39, 0.29) is 42.6 Å². The lowest BCUT2D eigenvalue weighted by molar-refractivity contribution is -0.133. The fourth-order valence-electron chi connectivity index (χ4n) is 4.03. The summed E-state index contributed by atoms with van der Waals surface area (Å²) in [6.45, 7) is 5.84. The minimum absolute atomic E-state index is 0. The molecule has 10 heteroatoms. The highest BCUT2D eigenvalue weighted by Crippen LogP contribution is 2.21. The largest absolute Gasteiger partial charge is 0.368 e. The van der Waals surface area contributed by atoms with Gasteiger partial charge in [-0.1, -0.05) is 0 Å². The van der Waals surface area contributed by atoms with Crippen LogP contribution in [0.2, 0.25) is 0 Å². The second-order valence-electron chi connectivity index (χ2n) is 7.43. The van der Waals surface area contributed by atoms with Crippen LogP contribution in [0.4, 0.5) is 10.1 Å². The van der Waals surface area contributed by atoms with Crippen LogP contribution >= 0.6 is 24.8 Å². The van der Waals surface area contributed by atoms with Gasteiger partial charge in [-0.3, -0.25) is 9.69 Å². The zero-order valence-electron chi connectivity index (χ0n) is 17.0. The lowest BCUT2D eigenvalue weighted by Crippen LogP contribution is -2.54. The van der Waals surface area contributed by atoms with E-state index in [1.54, 1.807) is 18.3 Å².